The maximum Gasteiger partial charge on any atom is 0.205 e. The molecule has 100 valence electrons. The maximum atomic E-state index is 6.18. The van der Waals surface area contributed by atoms with Crippen molar-refractivity contribution in [3.8, 4) is 17.2 Å². The van der Waals surface area contributed by atoms with Crippen LogP contribution in [0, 0.1) is 0 Å². The Morgan fingerprint density at radius 1 is 1.17 bits per heavy atom. The van der Waals surface area contributed by atoms with Gasteiger partial charge in [0.1, 0.15) is 0 Å². The lowest BCUT2D eigenvalue weighted by molar-refractivity contribution is 0.321. The lowest BCUT2D eigenvalue weighted by Gasteiger charge is -2.17. The molecule has 2 rings (SSSR count). The molecule has 1 aromatic carbocycles. The fourth-order valence-corrected chi connectivity index (χ4v) is 2.27. The third-order valence-corrected chi connectivity index (χ3v) is 3.25. The SMILES string of the molecule is COc1c(Cl)cc(CCC2CO2)c(OC)c1OC. The average Bonchev–Trinajstić information content (AvgIpc) is 3.19. The Kier molecular flexibility index (Phi) is 4.19. The molecular formula is C13H17ClO4. The Hall–Kier alpha value is -1.13. The van der Waals surface area contributed by atoms with E-state index in [-0.39, 0.29) is 0 Å². The summed E-state index contributed by atoms with van der Waals surface area (Å²) < 4.78 is 21.2. The molecule has 0 aromatic heterocycles. The van der Waals surface area contributed by atoms with Crippen molar-refractivity contribution >= 4 is 11.6 Å². The molecule has 0 amide bonds. The Morgan fingerprint density at radius 3 is 2.28 bits per heavy atom. The number of hydrogen-bond acceptors (Lipinski definition) is 4. The predicted molar refractivity (Wildman–Crippen MR) is 69.2 cm³/mol. The van der Waals surface area contributed by atoms with E-state index in [2.05, 4.69) is 0 Å². The zero-order chi connectivity index (χ0) is 13.1. The topological polar surface area (TPSA) is 40.2 Å². The van der Waals surface area contributed by atoms with Crippen molar-refractivity contribution in [2.75, 3.05) is 27.9 Å². The second-order valence-corrected chi connectivity index (χ2v) is 4.52. The minimum atomic E-state index is 0.376. The van der Waals surface area contributed by atoms with Gasteiger partial charge in [-0.1, -0.05) is 11.6 Å². The summed E-state index contributed by atoms with van der Waals surface area (Å²) in [7, 11) is 4.74. The van der Waals surface area contributed by atoms with Crippen LogP contribution in [0.5, 0.6) is 17.2 Å². The molecule has 0 bridgehead atoms. The van der Waals surface area contributed by atoms with Crippen LogP contribution in [0.2, 0.25) is 5.02 Å². The number of ether oxygens (including phenoxy) is 4. The van der Waals surface area contributed by atoms with Crippen molar-refractivity contribution in [3.05, 3.63) is 16.7 Å². The summed E-state index contributed by atoms with van der Waals surface area (Å²) in [4.78, 5) is 0. The minimum Gasteiger partial charge on any atom is -0.492 e. The van der Waals surface area contributed by atoms with E-state index >= 15 is 0 Å². The number of aryl methyl sites for hydroxylation is 1. The van der Waals surface area contributed by atoms with Crippen molar-refractivity contribution in [1.82, 2.24) is 0 Å². The Balaban J connectivity index is 2.34. The first-order valence-electron chi connectivity index (χ1n) is 5.80. The standard InChI is InChI=1S/C13H17ClO4/c1-15-11-8(4-5-9-7-18-9)6-10(14)12(16-2)13(11)17-3/h6,9H,4-5,7H2,1-3H3. The van der Waals surface area contributed by atoms with Crippen LogP contribution in [-0.4, -0.2) is 34.0 Å². The summed E-state index contributed by atoms with van der Waals surface area (Å²) >= 11 is 6.18. The first-order valence-corrected chi connectivity index (χ1v) is 6.18. The van der Waals surface area contributed by atoms with Crippen molar-refractivity contribution in [3.63, 3.8) is 0 Å². The molecule has 1 aliphatic rings. The van der Waals surface area contributed by atoms with Crippen LogP contribution in [0.4, 0.5) is 0 Å². The van der Waals surface area contributed by atoms with Crippen LogP contribution in [0.25, 0.3) is 0 Å². The highest BCUT2D eigenvalue weighted by Gasteiger charge is 2.25. The molecule has 0 radical (unpaired) electrons. The van der Waals surface area contributed by atoms with Crippen LogP contribution in [-0.2, 0) is 11.2 Å². The van der Waals surface area contributed by atoms with Gasteiger partial charge in [-0.05, 0) is 24.5 Å². The number of benzene rings is 1. The summed E-state index contributed by atoms with van der Waals surface area (Å²) in [6, 6.07) is 1.87. The Labute approximate surface area is 112 Å². The highest BCUT2D eigenvalue weighted by molar-refractivity contribution is 6.32. The summed E-state index contributed by atoms with van der Waals surface area (Å²) in [6.07, 6.45) is 2.18. The Bertz CT molecular complexity index is 429. The molecule has 1 heterocycles. The summed E-state index contributed by atoms with van der Waals surface area (Å²) in [6.45, 7) is 0.851. The second kappa shape index (κ2) is 5.67. The van der Waals surface area contributed by atoms with E-state index in [1.807, 2.05) is 6.07 Å². The molecule has 1 fully saturated rings. The van der Waals surface area contributed by atoms with Gasteiger partial charge in [-0.3, -0.25) is 0 Å². The van der Waals surface area contributed by atoms with E-state index in [4.69, 9.17) is 30.5 Å². The zero-order valence-electron chi connectivity index (χ0n) is 10.8. The van der Waals surface area contributed by atoms with Crippen LogP contribution in [0.1, 0.15) is 12.0 Å². The predicted octanol–water partition coefficient (Wildman–Crippen LogP) is 2.70. The lowest BCUT2D eigenvalue weighted by atomic mass is 10.1. The summed E-state index contributed by atoms with van der Waals surface area (Å²) in [5.41, 5.74) is 1.01. The van der Waals surface area contributed by atoms with Crippen LogP contribution in [0.3, 0.4) is 0 Å². The molecule has 1 saturated heterocycles. The number of rotatable bonds is 6. The van der Waals surface area contributed by atoms with E-state index in [1.165, 1.54) is 0 Å². The fourth-order valence-electron chi connectivity index (χ4n) is 1.98. The van der Waals surface area contributed by atoms with Gasteiger partial charge in [-0.25, -0.2) is 0 Å². The highest BCUT2D eigenvalue weighted by atomic mass is 35.5. The number of halogens is 1. The van der Waals surface area contributed by atoms with Crippen molar-refractivity contribution in [2.45, 2.75) is 18.9 Å². The average molecular weight is 273 g/mol. The van der Waals surface area contributed by atoms with Gasteiger partial charge in [0.05, 0.1) is 39.1 Å². The van der Waals surface area contributed by atoms with Gasteiger partial charge in [0.2, 0.25) is 5.75 Å². The Morgan fingerprint density at radius 2 is 1.78 bits per heavy atom. The van der Waals surface area contributed by atoms with E-state index in [0.29, 0.717) is 28.4 Å². The molecule has 0 aliphatic carbocycles. The molecule has 1 unspecified atom stereocenters. The normalized spacial score (nSPS) is 17.4. The third-order valence-electron chi connectivity index (χ3n) is 2.97. The van der Waals surface area contributed by atoms with E-state index < -0.39 is 0 Å². The first-order chi connectivity index (χ1) is 8.71. The lowest BCUT2D eigenvalue weighted by Crippen LogP contribution is -2.01. The molecular weight excluding hydrogens is 256 g/mol. The molecule has 1 aromatic rings. The van der Waals surface area contributed by atoms with Gasteiger partial charge in [-0.15, -0.1) is 0 Å². The van der Waals surface area contributed by atoms with Crippen molar-refractivity contribution < 1.29 is 18.9 Å². The largest absolute Gasteiger partial charge is 0.492 e. The monoisotopic (exact) mass is 272 g/mol. The van der Waals surface area contributed by atoms with Gasteiger partial charge in [0, 0.05) is 0 Å². The number of hydrogen-bond donors (Lipinski definition) is 0. The van der Waals surface area contributed by atoms with Gasteiger partial charge in [0.15, 0.2) is 11.5 Å². The van der Waals surface area contributed by atoms with E-state index in [0.717, 1.165) is 25.0 Å². The van der Waals surface area contributed by atoms with Gasteiger partial charge < -0.3 is 18.9 Å². The molecule has 18 heavy (non-hydrogen) atoms. The first kappa shape index (κ1) is 13.3. The minimum absolute atomic E-state index is 0.376. The van der Waals surface area contributed by atoms with Crippen LogP contribution in [0.15, 0.2) is 6.07 Å². The molecule has 1 atom stereocenters. The van der Waals surface area contributed by atoms with Gasteiger partial charge in [-0.2, -0.15) is 0 Å². The van der Waals surface area contributed by atoms with Crippen LogP contribution >= 0.6 is 11.6 Å². The quantitative estimate of drug-likeness (QED) is 0.747. The molecule has 0 spiro atoms. The van der Waals surface area contributed by atoms with Crippen molar-refractivity contribution in [1.29, 1.82) is 0 Å². The van der Waals surface area contributed by atoms with Gasteiger partial charge >= 0.3 is 0 Å². The smallest absolute Gasteiger partial charge is 0.205 e. The zero-order valence-corrected chi connectivity index (χ0v) is 11.5. The number of methoxy groups -OCH3 is 3. The van der Waals surface area contributed by atoms with Crippen molar-refractivity contribution in [2.24, 2.45) is 0 Å². The molecule has 5 heteroatoms. The molecule has 1 aliphatic heterocycles. The maximum absolute atomic E-state index is 6.18. The van der Waals surface area contributed by atoms with E-state index in [9.17, 15) is 0 Å². The third kappa shape index (κ3) is 2.65. The summed E-state index contributed by atoms with van der Waals surface area (Å²) in [5.74, 6) is 1.72. The molecule has 0 N–H and O–H groups in total. The molecule has 0 saturated carbocycles. The second-order valence-electron chi connectivity index (χ2n) is 4.11. The molecule has 4 nitrogen and oxygen atoms in total. The highest BCUT2D eigenvalue weighted by Crippen LogP contribution is 2.45. The fraction of sp³-hybridized carbons (Fsp3) is 0.538. The van der Waals surface area contributed by atoms with E-state index in [1.54, 1.807) is 21.3 Å². The van der Waals surface area contributed by atoms with Gasteiger partial charge in [0.25, 0.3) is 0 Å². The summed E-state index contributed by atoms with van der Waals surface area (Å²) in [5, 5.41) is 0.530. The number of epoxide rings is 1. The van der Waals surface area contributed by atoms with Crippen LogP contribution < -0.4 is 14.2 Å².